The Morgan fingerprint density at radius 3 is 2.63 bits per heavy atom. The van der Waals surface area contributed by atoms with Crippen molar-refractivity contribution in [1.82, 2.24) is 4.90 Å². The number of carbonyl (C=O) groups is 1. The maximum Gasteiger partial charge on any atom is 0.260 e. The quantitative estimate of drug-likeness (QED) is 0.839. The standard InChI is InChI=1S/C14H18FNO3/c1-10-7-16(8-11(2)19-10)14(17)9-18-13-6-4-3-5-12(13)15/h3-6,10-11H,7-9H2,1-2H3. The van der Waals surface area contributed by atoms with Crippen LogP contribution in [0.4, 0.5) is 4.39 Å². The highest BCUT2D eigenvalue weighted by Crippen LogP contribution is 2.16. The number of hydrogen-bond acceptors (Lipinski definition) is 3. The zero-order valence-corrected chi connectivity index (χ0v) is 11.1. The van der Waals surface area contributed by atoms with Crippen LogP contribution in [0.5, 0.6) is 5.75 Å². The first kappa shape index (κ1) is 13.8. The summed E-state index contributed by atoms with van der Waals surface area (Å²) in [4.78, 5) is 13.7. The normalized spacial score (nSPS) is 23.2. The number of hydrogen-bond donors (Lipinski definition) is 0. The van der Waals surface area contributed by atoms with Gasteiger partial charge in [0.1, 0.15) is 0 Å². The predicted molar refractivity (Wildman–Crippen MR) is 68.5 cm³/mol. The third kappa shape index (κ3) is 3.67. The van der Waals surface area contributed by atoms with Crippen molar-refractivity contribution < 1.29 is 18.7 Å². The van der Waals surface area contributed by atoms with E-state index in [9.17, 15) is 9.18 Å². The van der Waals surface area contributed by atoms with E-state index < -0.39 is 5.82 Å². The largest absolute Gasteiger partial charge is 0.481 e. The van der Waals surface area contributed by atoms with Gasteiger partial charge in [0.15, 0.2) is 18.2 Å². The molecule has 0 saturated carbocycles. The number of amides is 1. The third-order valence-electron chi connectivity index (χ3n) is 2.96. The first-order valence-electron chi connectivity index (χ1n) is 6.37. The van der Waals surface area contributed by atoms with Gasteiger partial charge >= 0.3 is 0 Å². The molecule has 0 bridgehead atoms. The lowest BCUT2D eigenvalue weighted by molar-refractivity contribution is -0.145. The molecule has 1 aromatic carbocycles. The lowest BCUT2D eigenvalue weighted by atomic mass is 10.2. The predicted octanol–water partition coefficient (Wildman–Crippen LogP) is 1.84. The highest BCUT2D eigenvalue weighted by Gasteiger charge is 2.26. The number of nitrogens with zero attached hydrogens (tertiary/aromatic N) is 1. The van der Waals surface area contributed by atoms with E-state index in [1.807, 2.05) is 13.8 Å². The summed E-state index contributed by atoms with van der Waals surface area (Å²) in [5.41, 5.74) is 0. The summed E-state index contributed by atoms with van der Waals surface area (Å²) in [5.74, 6) is -0.505. The molecule has 0 radical (unpaired) electrons. The van der Waals surface area contributed by atoms with Gasteiger partial charge in [-0.3, -0.25) is 4.79 Å². The van der Waals surface area contributed by atoms with Crippen molar-refractivity contribution >= 4 is 5.91 Å². The van der Waals surface area contributed by atoms with Crippen LogP contribution in [0.15, 0.2) is 24.3 Å². The van der Waals surface area contributed by atoms with Gasteiger partial charge in [0, 0.05) is 13.1 Å². The van der Waals surface area contributed by atoms with Crippen molar-refractivity contribution in [1.29, 1.82) is 0 Å². The maximum absolute atomic E-state index is 13.3. The van der Waals surface area contributed by atoms with Gasteiger partial charge < -0.3 is 14.4 Å². The summed E-state index contributed by atoms with van der Waals surface area (Å²) < 4.78 is 24.1. The SMILES string of the molecule is CC1CN(C(=O)COc2ccccc2F)CC(C)O1. The minimum Gasteiger partial charge on any atom is -0.481 e. The van der Waals surface area contributed by atoms with Crippen LogP contribution in [0.3, 0.4) is 0 Å². The molecule has 1 saturated heterocycles. The molecule has 0 spiro atoms. The Morgan fingerprint density at radius 2 is 2.00 bits per heavy atom. The molecule has 2 rings (SSSR count). The van der Waals surface area contributed by atoms with E-state index in [1.165, 1.54) is 12.1 Å². The van der Waals surface area contributed by atoms with E-state index in [0.29, 0.717) is 13.1 Å². The summed E-state index contributed by atoms with van der Waals surface area (Å²) in [6.45, 7) is 4.79. The summed E-state index contributed by atoms with van der Waals surface area (Å²) >= 11 is 0. The second-order valence-electron chi connectivity index (χ2n) is 4.78. The average molecular weight is 267 g/mol. The highest BCUT2D eigenvalue weighted by atomic mass is 19.1. The Kier molecular flexibility index (Phi) is 4.37. The van der Waals surface area contributed by atoms with Crippen molar-refractivity contribution in [2.75, 3.05) is 19.7 Å². The molecule has 4 nitrogen and oxygen atoms in total. The number of benzene rings is 1. The lowest BCUT2D eigenvalue weighted by Gasteiger charge is -2.35. The third-order valence-corrected chi connectivity index (χ3v) is 2.96. The lowest BCUT2D eigenvalue weighted by Crippen LogP contribution is -2.49. The average Bonchev–Trinajstić information content (AvgIpc) is 2.36. The minimum atomic E-state index is -0.459. The van der Waals surface area contributed by atoms with Crippen molar-refractivity contribution in [2.45, 2.75) is 26.1 Å². The van der Waals surface area contributed by atoms with Crippen LogP contribution in [-0.2, 0) is 9.53 Å². The van der Waals surface area contributed by atoms with Crippen LogP contribution in [0.25, 0.3) is 0 Å². The zero-order valence-electron chi connectivity index (χ0n) is 11.1. The molecule has 1 fully saturated rings. The van der Waals surface area contributed by atoms with Crippen LogP contribution in [0.2, 0.25) is 0 Å². The molecule has 1 amide bonds. The first-order valence-corrected chi connectivity index (χ1v) is 6.37. The van der Waals surface area contributed by atoms with E-state index in [-0.39, 0.29) is 30.5 Å². The van der Waals surface area contributed by atoms with E-state index in [0.717, 1.165) is 0 Å². The van der Waals surface area contributed by atoms with Crippen LogP contribution in [0.1, 0.15) is 13.8 Å². The van der Waals surface area contributed by atoms with Crippen LogP contribution in [0, 0.1) is 5.82 Å². The van der Waals surface area contributed by atoms with Crippen molar-refractivity contribution in [3.05, 3.63) is 30.1 Å². The molecule has 1 heterocycles. The number of para-hydroxylation sites is 1. The Bertz CT molecular complexity index is 442. The smallest absolute Gasteiger partial charge is 0.260 e. The van der Waals surface area contributed by atoms with Crippen molar-refractivity contribution in [3.63, 3.8) is 0 Å². The molecule has 1 aliphatic heterocycles. The summed E-state index contributed by atoms with van der Waals surface area (Å²) in [6, 6.07) is 6.06. The van der Waals surface area contributed by atoms with Crippen LogP contribution >= 0.6 is 0 Å². The number of ether oxygens (including phenoxy) is 2. The molecule has 0 aromatic heterocycles. The monoisotopic (exact) mass is 267 g/mol. The van der Waals surface area contributed by atoms with Gasteiger partial charge in [0.2, 0.25) is 0 Å². The second-order valence-corrected chi connectivity index (χ2v) is 4.78. The fourth-order valence-electron chi connectivity index (χ4n) is 2.17. The molecular formula is C14H18FNO3. The topological polar surface area (TPSA) is 38.8 Å². The van der Waals surface area contributed by atoms with Crippen LogP contribution < -0.4 is 4.74 Å². The molecule has 19 heavy (non-hydrogen) atoms. The summed E-state index contributed by atoms with van der Waals surface area (Å²) in [7, 11) is 0. The molecule has 5 heteroatoms. The molecule has 0 N–H and O–H groups in total. The van der Waals surface area contributed by atoms with Gasteiger partial charge in [-0.25, -0.2) is 4.39 Å². The molecule has 2 unspecified atom stereocenters. The van der Waals surface area contributed by atoms with Gasteiger partial charge in [-0.15, -0.1) is 0 Å². The Balaban J connectivity index is 1.89. The fourth-order valence-corrected chi connectivity index (χ4v) is 2.17. The fraction of sp³-hybridized carbons (Fsp3) is 0.500. The molecule has 104 valence electrons. The van der Waals surface area contributed by atoms with E-state index in [2.05, 4.69) is 0 Å². The van der Waals surface area contributed by atoms with Crippen LogP contribution in [-0.4, -0.2) is 42.7 Å². The van der Waals surface area contributed by atoms with Gasteiger partial charge in [-0.1, -0.05) is 12.1 Å². The van der Waals surface area contributed by atoms with Crippen molar-refractivity contribution in [3.8, 4) is 5.75 Å². The van der Waals surface area contributed by atoms with Crippen molar-refractivity contribution in [2.24, 2.45) is 0 Å². The van der Waals surface area contributed by atoms with E-state index >= 15 is 0 Å². The molecule has 0 aliphatic carbocycles. The minimum absolute atomic E-state index is 0.0150. The first-order chi connectivity index (χ1) is 9.06. The second kappa shape index (κ2) is 6.02. The van der Waals surface area contributed by atoms with Gasteiger partial charge in [-0.05, 0) is 26.0 Å². The molecule has 2 atom stereocenters. The van der Waals surface area contributed by atoms with Gasteiger partial charge in [0.25, 0.3) is 5.91 Å². The summed E-state index contributed by atoms with van der Waals surface area (Å²) in [5, 5.41) is 0. The van der Waals surface area contributed by atoms with Gasteiger partial charge in [-0.2, -0.15) is 0 Å². The number of halogens is 1. The number of rotatable bonds is 3. The molecule has 1 aliphatic rings. The Hall–Kier alpha value is -1.62. The molecular weight excluding hydrogens is 249 g/mol. The van der Waals surface area contributed by atoms with E-state index in [1.54, 1.807) is 17.0 Å². The highest BCUT2D eigenvalue weighted by molar-refractivity contribution is 5.78. The number of morpholine rings is 1. The Labute approximate surface area is 112 Å². The zero-order chi connectivity index (χ0) is 13.8. The maximum atomic E-state index is 13.3. The van der Waals surface area contributed by atoms with E-state index in [4.69, 9.17) is 9.47 Å². The van der Waals surface area contributed by atoms with Gasteiger partial charge in [0.05, 0.1) is 12.2 Å². The number of carbonyl (C=O) groups excluding carboxylic acids is 1. The summed E-state index contributed by atoms with van der Waals surface area (Å²) in [6.07, 6.45) is 0.0299. The molecule has 1 aromatic rings. The Morgan fingerprint density at radius 1 is 1.37 bits per heavy atom.